The first kappa shape index (κ1) is 151. The second-order valence-electron chi connectivity index (χ2n) is 28.2. The second-order valence-corrected chi connectivity index (χ2v) is 28.2. The van der Waals surface area contributed by atoms with E-state index in [2.05, 4.69) is 0 Å². The molecule has 0 aliphatic carbocycles. The molecule has 0 aromatic heterocycles. The van der Waals surface area contributed by atoms with E-state index >= 15 is 0 Å². The van der Waals surface area contributed by atoms with Crippen LogP contribution >= 0.6 is 0 Å². The molecule has 0 aromatic carbocycles. The molecule has 20 N–H and O–H groups in total. The molecule has 0 amide bonds. The first-order valence-corrected chi connectivity index (χ1v) is 38.7. The number of aliphatic carboxylic acids is 25. The van der Waals surface area contributed by atoms with Crippen molar-refractivity contribution in [1.82, 2.24) is 73.5 Å². The van der Waals surface area contributed by atoms with E-state index in [1.54, 1.807) is 0 Å². The number of carbonyl (C=O) groups excluding carboxylic acids is 5. The summed E-state index contributed by atoms with van der Waals surface area (Å²) < 4.78 is 0. The first-order valence-electron chi connectivity index (χ1n) is 38.7. The van der Waals surface area contributed by atoms with Gasteiger partial charge in [0.05, 0.1) is 161 Å². The van der Waals surface area contributed by atoms with Gasteiger partial charge in [-0.1, -0.05) is 0 Å². The summed E-state index contributed by atoms with van der Waals surface area (Å²) in [5.74, 6) is -32.3. The summed E-state index contributed by atoms with van der Waals surface area (Å²) in [6, 6.07) is 0. The minimum Gasteiger partial charge on any atom is -0.549 e. The molecule has 0 radical (unpaired) electrons. The van der Waals surface area contributed by atoms with Gasteiger partial charge in [-0.15, -0.1) is 0 Å². The molecule has 0 spiro atoms. The Bertz CT molecular complexity index is 2990. The molecule has 0 heterocycles. The normalized spacial score (nSPS) is 10.7. The Kier molecular flexibility index (Phi) is 96.3. The standard InChI is InChI=1S/5C14H23N3O10.5Na/c5*18-10(19)5-15(1-3-16(6-11(20)21)7-12(22)23)2-4-17(8-13(24)25)9-14(26)27;;;;;/h5*1-9H2,(H,18,19)(H,20,21)(H,22,23)(H,24,25)(H,26,27);;;;;/q;;;;;5*+1/p-5. The zero-order valence-electron chi connectivity index (χ0n) is 77.2. The van der Waals surface area contributed by atoms with Gasteiger partial charge in [0.1, 0.15) is 0 Å². The second kappa shape index (κ2) is 89.0. The van der Waals surface area contributed by atoms with Crippen LogP contribution in [-0.2, 0) is 120 Å². The third-order valence-corrected chi connectivity index (χ3v) is 16.3. The van der Waals surface area contributed by atoms with Crippen LogP contribution < -0.4 is 173 Å². The van der Waals surface area contributed by atoms with Crippen LogP contribution in [0, 0.1) is 0 Å². The van der Waals surface area contributed by atoms with E-state index < -0.39 is 313 Å². The molecule has 0 saturated carbocycles. The van der Waals surface area contributed by atoms with Gasteiger partial charge in [-0.25, -0.2) is 0 Å². The van der Waals surface area contributed by atoms with Gasteiger partial charge in [-0.3, -0.25) is 169 Å². The maximum Gasteiger partial charge on any atom is 1.00 e. The van der Waals surface area contributed by atoms with Crippen molar-refractivity contribution in [3.63, 3.8) is 0 Å². The Labute approximate surface area is 904 Å². The minimum absolute atomic E-state index is 0. The largest absolute Gasteiger partial charge is 1.00 e. The van der Waals surface area contributed by atoms with Crippen molar-refractivity contribution < 1.29 is 395 Å². The molecule has 0 atom stereocenters. The summed E-state index contributed by atoms with van der Waals surface area (Å²) in [5.41, 5.74) is 0. The van der Waals surface area contributed by atoms with Crippen molar-refractivity contribution in [2.24, 2.45) is 0 Å². The Morgan fingerprint density at radius 3 is 0.200 bits per heavy atom. The van der Waals surface area contributed by atoms with Gasteiger partial charge >= 0.3 is 267 Å². The average molecular weight is 2080 g/mol. The molecule has 0 aromatic rings. The zero-order valence-corrected chi connectivity index (χ0v) is 87.2. The zero-order chi connectivity index (χ0) is 105. The predicted octanol–water partition coefficient (Wildman–Crippen LogP) is -35.1. The summed E-state index contributed by atoms with van der Waals surface area (Å²) in [4.78, 5) is 287. The summed E-state index contributed by atoms with van der Waals surface area (Å²) >= 11 is 0. The number of carbonyl (C=O) groups is 25. The minimum atomic E-state index is -1.44. The van der Waals surface area contributed by atoms with Crippen molar-refractivity contribution in [3.05, 3.63) is 0 Å². The molecule has 0 saturated heterocycles. The fourth-order valence-corrected chi connectivity index (χ4v) is 11.1. The predicted molar refractivity (Wildman–Crippen MR) is 424 cm³/mol. The molecule has 65 nitrogen and oxygen atoms in total. The third kappa shape index (κ3) is 106. The SMILES string of the molecule is O=C([O-])CN(CCN(CC(=O)O)CC(=O)O)CCN(CC(=O)O)CC(=O)O.O=C([O-])CN(CCN(CC(=O)O)CC(=O)O)CCN(CC(=O)O)CC(=O)O.O=C([O-])CN(CCN(CC(=O)O)CC(=O)O)CCN(CC(=O)O)CC(=O)O.O=C([O-])CN(CCN(CC(=O)O)CC(=O)O)CCN(CC(=O)O)CC(=O)O.O=C([O-])CN(CCN(CC(=O)O)CC(=O)O)CCN(CC(=O)O)CC(=O)O.[Na+].[Na+].[Na+].[Na+].[Na+]. The van der Waals surface area contributed by atoms with Crippen molar-refractivity contribution in [2.45, 2.75) is 0 Å². The number of hydrogen-bond donors (Lipinski definition) is 20. The van der Waals surface area contributed by atoms with E-state index in [0.717, 1.165) is 49.0 Å². The number of nitrogens with zero attached hydrogens (tertiary/aromatic N) is 15. The Hall–Kier alpha value is -8.85. The number of carboxylic acid groups (broad SMARTS) is 25. The maximum atomic E-state index is 10.9. The van der Waals surface area contributed by atoms with E-state index in [-0.39, 0.29) is 279 Å². The number of hydrogen-bond acceptors (Lipinski definition) is 45. The van der Waals surface area contributed by atoms with E-state index in [0.29, 0.717) is 0 Å². The third-order valence-electron chi connectivity index (χ3n) is 16.3. The van der Waals surface area contributed by atoms with Crippen LogP contribution in [0.4, 0.5) is 0 Å². The number of rotatable bonds is 80. The van der Waals surface area contributed by atoms with Crippen molar-refractivity contribution >= 4 is 149 Å². The molecule has 140 heavy (non-hydrogen) atoms. The van der Waals surface area contributed by atoms with E-state index in [1.165, 1.54) is 24.5 Å². The van der Waals surface area contributed by atoms with Crippen LogP contribution in [0.5, 0.6) is 0 Å². The fourth-order valence-electron chi connectivity index (χ4n) is 11.1. The Morgan fingerprint density at radius 2 is 0.157 bits per heavy atom. The molecule has 0 fully saturated rings. The molecule has 70 heteroatoms. The average Bonchev–Trinajstić information content (AvgIpc) is 0.922. The summed E-state index contributed by atoms with van der Waals surface area (Å²) in [5, 5.41) is 230. The molecule has 0 rings (SSSR count). The molecule has 0 bridgehead atoms. The van der Waals surface area contributed by atoms with Gasteiger partial charge in [0.25, 0.3) is 0 Å². The van der Waals surface area contributed by atoms with Gasteiger partial charge in [-0.2, -0.15) is 0 Å². The van der Waals surface area contributed by atoms with Crippen molar-refractivity contribution in [3.8, 4) is 0 Å². The van der Waals surface area contributed by atoms with Crippen LogP contribution in [0.15, 0.2) is 0 Å². The van der Waals surface area contributed by atoms with Gasteiger partial charge in [-0.05, 0) is 0 Å². The van der Waals surface area contributed by atoms with Crippen LogP contribution in [-0.4, -0.2) is 619 Å². The monoisotopic (exact) mass is 2080 g/mol. The quantitative estimate of drug-likeness (QED) is 0.0251. The van der Waals surface area contributed by atoms with Crippen LogP contribution in [0.2, 0.25) is 0 Å². The van der Waals surface area contributed by atoms with Crippen LogP contribution in [0.3, 0.4) is 0 Å². The maximum absolute atomic E-state index is 10.9. The van der Waals surface area contributed by atoms with Crippen molar-refractivity contribution in [1.29, 1.82) is 0 Å². The Morgan fingerprint density at radius 1 is 0.107 bits per heavy atom. The molecule has 0 aliphatic rings. The summed E-state index contributed by atoms with van der Waals surface area (Å²) in [7, 11) is 0. The van der Waals surface area contributed by atoms with Gasteiger partial charge in [0.15, 0.2) is 0 Å². The molecule has 0 unspecified atom stereocenters. The fraction of sp³-hybridized carbons (Fsp3) is 0.643. The van der Waals surface area contributed by atoms with E-state index in [1.807, 2.05) is 0 Å². The Balaban J connectivity index is -0.000000187. The first-order chi connectivity index (χ1) is 62.4. The van der Waals surface area contributed by atoms with Crippen molar-refractivity contribution in [2.75, 3.05) is 295 Å². The smallest absolute Gasteiger partial charge is 0.549 e. The van der Waals surface area contributed by atoms with E-state index in [9.17, 15) is 145 Å². The van der Waals surface area contributed by atoms with E-state index in [4.69, 9.17) is 102 Å². The topological polar surface area (TPSA) is 995 Å². The van der Waals surface area contributed by atoms with Gasteiger partial charge in [0, 0.05) is 164 Å². The molecule has 0 aliphatic heterocycles. The summed E-state index contributed by atoms with van der Waals surface area (Å²) in [6.45, 7) is -15.2. The van der Waals surface area contributed by atoms with Crippen LogP contribution in [0.25, 0.3) is 0 Å². The molecule has 770 valence electrons. The molecular formula is C70H110N15Na5O50. The van der Waals surface area contributed by atoms with Gasteiger partial charge in [0.2, 0.25) is 0 Å². The molecular weight excluding hydrogens is 1970 g/mol. The van der Waals surface area contributed by atoms with Gasteiger partial charge < -0.3 is 152 Å². The van der Waals surface area contributed by atoms with Crippen LogP contribution in [0.1, 0.15) is 0 Å². The summed E-state index contributed by atoms with van der Waals surface area (Å²) in [6.07, 6.45) is 0. The number of carboxylic acids is 25.